The molecular weight excluding hydrogens is 371 g/mol. The third kappa shape index (κ3) is 6.55. The molecule has 1 saturated heterocycles. The number of hydrogen-bond acceptors (Lipinski definition) is 5. The Labute approximate surface area is 163 Å². The number of aryl methyl sites for hydroxylation is 3. The fourth-order valence-electron chi connectivity index (χ4n) is 2.61. The van der Waals surface area contributed by atoms with Gasteiger partial charge in [0.15, 0.2) is 0 Å². The molecule has 144 valence electrons. The molecule has 25 heavy (non-hydrogen) atoms. The largest absolute Gasteiger partial charge is 0.492 e. The molecule has 0 aliphatic carbocycles. The lowest BCUT2D eigenvalue weighted by molar-refractivity contribution is 0.0671. The van der Waals surface area contributed by atoms with Crippen molar-refractivity contribution in [3.63, 3.8) is 0 Å². The second-order valence-corrected chi connectivity index (χ2v) is 13.9. The van der Waals surface area contributed by atoms with Gasteiger partial charge in [0.05, 0.1) is 13.2 Å². The van der Waals surface area contributed by atoms with E-state index in [1.165, 1.54) is 16.7 Å². The molecule has 1 aromatic rings. The van der Waals surface area contributed by atoms with E-state index in [-0.39, 0.29) is 18.1 Å². The van der Waals surface area contributed by atoms with Gasteiger partial charge in [-0.15, -0.1) is 0 Å². The quantitative estimate of drug-likeness (QED) is 0.519. The van der Waals surface area contributed by atoms with Crippen molar-refractivity contribution in [2.75, 3.05) is 19.8 Å². The smallest absolute Gasteiger partial charge is 0.247 e. The second kappa shape index (κ2) is 9.23. The number of rotatable bonds is 6. The van der Waals surface area contributed by atoms with Crippen LogP contribution in [0.1, 0.15) is 51.8 Å². The van der Waals surface area contributed by atoms with Crippen molar-refractivity contribution in [2.45, 2.75) is 60.6 Å². The maximum atomic E-state index is 6.14. The molecule has 1 aliphatic rings. The molecule has 1 atom stereocenters. The average Bonchev–Trinajstić information content (AvgIpc) is 2.49. The topological polar surface area (TPSA) is 27.7 Å². The Balaban J connectivity index is 0.00000312. The molecule has 0 bridgehead atoms. The van der Waals surface area contributed by atoms with Gasteiger partial charge in [-0.1, -0.05) is 57.3 Å². The van der Waals surface area contributed by atoms with E-state index in [1.54, 1.807) is 11.4 Å². The standard InChI is InChI=1S/C18H29O3PS2.CH4/c1-7-16-9-13(2)8-14(3)17(16)19-10-15(4)24-22(23)20-11-18(5,6)12-21-22;/h8-9,15H,7,10-12H2,1-6H3;1H4. The van der Waals surface area contributed by atoms with Crippen molar-refractivity contribution in [2.24, 2.45) is 5.41 Å². The fraction of sp³-hybridized carbons (Fsp3) is 0.684. The Bertz CT molecular complexity index is 617. The molecule has 2 rings (SSSR count). The molecular formula is C19H33O3PS2. The minimum Gasteiger partial charge on any atom is -0.492 e. The SMILES string of the molecule is C.CCc1cc(C)cc(C)c1OCC(C)SP1(=S)OCC(C)(C)CO1. The van der Waals surface area contributed by atoms with E-state index in [4.69, 9.17) is 25.6 Å². The molecule has 6 heteroatoms. The third-order valence-corrected chi connectivity index (χ3v) is 9.41. The highest BCUT2D eigenvalue weighted by molar-refractivity contribution is 8.68. The summed E-state index contributed by atoms with van der Waals surface area (Å²) in [7, 11) is 0. The molecule has 0 N–H and O–H groups in total. The van der Waals surface area contributed by atoms with Crippen molar-refractivity contribution >= 4 is 28.9 Å². The molecule has 0 radical (unpaired) electrons. The molecule has 1 aliphatic heterocycles. The summed E-state index contributed by atoms with van der Waals surface area (Å²) >= 11 is 7.25. The highest BCUT2D eigenvalue weighted by Gasteiger charge is 2.35. The number of hydrogen-bond donors (Lipinski definition) is 0. The molecule has 0 saturated carbocycles. The van der Waals surface area contributed by atoms with Gasteiger partial charge in [0, 0.05) is 10.7 Å². The number of benzene rings is 1. The van der Waals surface area contributed by atoms with Gasteiger partial charge in [0.2, 0.25) is 5.69 Å². The lowest BCUT2D eigenvalue weighted by Gasteiger charge is -2.36. The van der Waals surface area contributed by atoms with E-state index in [2.05, 4.69) is 53.7 Å². The van der Waals surface area contributed by atoms with E-state index >= 15 is 0 Å². The zero-order valence-electron chi connectivity index (χ0n) is 15.5. The zero-order chi connectivity index (χ0) is 18.0. The summed E-state index contributed by atoms with van der Waals surface area (Å²) in [6.07, 6.45) is 0.971. The summed E-state index contributed by atoms with van der Waals surface area (Å²) in [4.78, 5) is 0. The first-order valence-electron chi connectivity index (χ1n) is 8.44. The van der Waals surface area contributed by atoms with Crippen molar-refractivity contribution in [3.05, 3.63) is 28.8 Å². The molecule has 1 unspecified atom stereocenters. The van der Waals surface area contributed by atoms with Crippen LogP contribution in [0.15, 0.2) is 12.1 Å². The van der Waals surface area contributed by atoms with E-state index in [9.17, 15) is 0 Å². The Morgan fingerprint density at radius 2 is 1.88 bits per heavy atom. The molecule has 0 spiro atoms. The average molecular weight is 405 g/mol. The molecule has 1 aromatic carbocycles. The lowest BCUT2D eigenvalue weighted by Crippen LogP contribution is -2.29. The summed E-state index contributed by atoms with van der Waals surface area (Å²) < 4.78 is 17.9. The summed E-state index contributed by atoms with van der Waals surface area (Å²) in [5, 5.41) is 0.224. The zero-order valence-corrected chi connectivity index (χ0v) is 18.1. The first-order chi connectivity index (χ1) is 11.1. The van der Waals surface area contributed by atoms with E-state index in [1.807, 2.05) is 0 Å². The first-order valence-corrected chi connectivity index (χ1v) is 12.6. The van der Waals surface area contributed by atoms with E-state index in [0.29, 0.717) is 19.8 Å². The monoisotopic (exact) mass is 404 g/mol. The predicted octanol–water partition coefficient (Wildman–Crippen LogP) is 6.30. The van der Waals surface area contributed by atoms with Crippen molar-refractivity contribution in [1.82, 2.24) is 0 Å². The second-order valence-electron chi connectivity index (χ2n) is 7.31. The highest BCUT2D eigenvalue weighted by Crippen LogP contribution is 2.65. The fourth-order valence-corrected chi connectivity index (χ4v) is 8.22. The normalized spacial score (nSPS) is 19.8. The van der Waals surface area contributed by atoms with Crippen LogP contribution in [0.5, 0.6) is 5.75 Å². The first kappa shape index (κ1) is 23.0. The summed E-state index contributed by atoms with van der Waals surface area (Å²) in [5.74, 6) is 1.01. The summed E-state index contributed by atoms with van der Waals surface area (Å²) in [5.41, 5.74) is 1.55. The van der Waals surface area contributed by atoms with E-state index in [0.717, 1.165) is 12.2 Å². The maximum absolute atomic E-state index is 6.14. The van der Waals surface area contributed by atoms with Gasteiger partial charge in [-0.05, 0) is 50.1 Å². The van der Waals surface area contributed by atoms with Crippen LogP contribution in [-0.2, 0) is 27.3 Å². The van der Waals surface area contributed by atoms with Gasteiger partial charge in [-0.3, -0.25) is 0 Å². The third-order valence-electron chi connectivity index (χ3n) is 3.88. The van der Waals surface area contributed by atoms with Crippen LogP contribution in [-0.4, -0.2) is 25.1 Å². The molecule has 1 heterocycles. The maximum Gasteiger partial charge on any atom is 0.247 e. The van der Waals surface area contributed by atoms with Crippen LogP contribution < -0.4 is 4.74 Å². The van der Waals surface area contributed by atoms with Gasteiger partial charge in [-0.25, -0.2) is 0 Å². The van der Waals surface area contributed by atoms with Crippen LogP contribution in [0.2, 0.25) is 0 Å². The molecule has 1 fully saturated rings. The van der Waals surface area contributed by atoms with Crippen LogP contribution in [0.25, 0.3) is 0 Å². The van der Waals surface area contributed by atoms with Crippen molar-refractivity contribution in [1.29, 1.82) is 0 Å². The van der Waals surface area contributed by atoms with Gasteiger partial charge in [-0.2, -0.15) is 0 Å². The Kier molecular flexibility index (Phi) is 8.49. The predicted molar refractivity (Wildman–Crippen MR) is 115 cm³/mol. The molecule has 3 nitrogen and oxygen atoms in total. The van der Waals surface area contributed by atoms with Gasteiger partial charge < -0.3 is 13.8 Å². The van der Waals surface area contributed by atoms with Gasteiger partial charge >= 0.3 is 0 Å². The van der Waals surface area contributed by atoms with Crippen LogP contribution in [0.3, 0.4) is 0 Å². The Hall–Kier alpha value is -0.0600. The Morgan fingerprint density at radius 1 is 1.28 bits per heavy atom. The van der Waals surface area contributed by atoms with Gasteiger partial charge in [0.25, 0.3) is 0 Å². The van der Waals surface area contributed by atoms with Crippen molar-refractivity contribution in [3.8, 4) is 5.75 Å². The van der Waals surface area contributed by atoms with Crippen LogP contribution in [0.4, 0.5) is 0 Å². The number of ether oxygens (including phenoxy) is 1. The molecule has 0 amide bonds. The van der Waals surface area contributed by atoms with Gasteiger partial charge in [0.1, 0.15) is 12.4 Å². The van der Waals surface area contributed by atoms with Crippen molar-refractivity contribution < 1.29 is 13.8 Å². The Morgan fingerprint density at radius 3 is 2.44 bits per heavy atom. The summed E-state index contributed by atoms with van der Waals surface area (Å²) in [6.45, 7) is 14.7. The summed E-state index contributed by atoms with van der Waals surface area (Å²) in [6, 6.07) is 4.38. The van der Waals surface area contributed by atoms with E-state index < -0.39 is 5.69 Å². The molecule has 0 aromatic heterocycles. The highest BCUT2D eigenvalue weighted by atomic mass is 32.9. The lowest BCUT2D eigenvalue weighted by atomic mass is 9.97. The van der Waals surface area contributed by atoms with Crippen LogP contribution in [0, 0.1) is 19.3 Å². The minimum absolute atomic E-state index is 0. The van der Waals surface area contributed by atoms with Crippen LogP contribution >= 0.6 is 17.1 Å². The minimum atomic E-state index is -2.24.